The zero-order chi connectivity index (χ0) is 16.8. The van der Waals surface area contributed by atoms with Gasteiger partial charge < -0.3 is 10.6 Å². The van der Waals surface area contributed by atoms with Crippen LogP contribution in [-0.4, -0.2) is 12.5 Å². The lowest BCUT2D eigenvalue weighted by atomic mass is 10.1. The molecule has 0 aliphatic rings. The predicted molar refractivity (Wildman–Crippen MR) is 84.9 cm³/mol. The van der Waals surface area contributed by atoms with Gasteiger partial charge in [-0.05, 0) is 30.7 Å². The molecule has 0 spiro atoms. The Kier molecular flexibility index (Phi) is 6.07. The second-order valence-electron chi connectivity index (χ2n) is 5.26. The van der Waals surface area contributed by atoms with E-state index in [1.807, 2.05) is 18.2 Å². The summed E-state index contributed by atoms with van der Waals surface area (Å²) in [6.45, 7) is 2.24. The molecule has 0 saturated heterocycles. The Bertz CT molecular complexity index is 694. The molecule has 2 aromatic rings. The Morgan fingerprint density at radius 3 is 2.70 bits per heavy atom. The van der Waals surface area contributed by atoms with Gasteiger partial charge in [0.1, 0.15) is 17.7 Å². The van der Waals surface area contributed by atoms with Crippen molar-refractivity contribution >= 4 is 17.5 Å². The maximum Gasteiger partial charge on any atom is 0.275 e. The van der Waals surface area contributed by atoms with E-state index in [1.165, 1.54) is 12.1 Å². The maximum absolute atomic E-state index is 13.7. The monoisotopic (exact) mass is 339 g/mol. The first-order valence-corrected chi connectivity index (χ1v) is 7.63. The molecule has 2 aromatic carbocycles. The van der Waals surface area contributed by atoms with Gasteiger partial charge in [0.2, 0.25) is 0 Å². The van der Waals surface area contributed by atoms with Gasteiger partial charge in [0.05, 0.1) is 0 Å². The number of nitrogens with one attached hydrogen (secondary N) is 1. The lowest BCUT2D eigenvalue weighted by molar-refractivity contribution is -0.682. The van der Waals surface area contributed by atoms with Crippen LogP contribution in [-0.2, 0) is 11.3 Å². The van der Waals surface area contributed by atoms with Crippen molar-refractivity contribution in [1.29, 1.82) is 0 Å². The topological polar surface area (TPSA) is 45.7 Å². The third-order valence-electron chi connectivity index (χ3n) is 3.54. The van der Waals surface area contributed by atoms with Crippen molar-refractivity contribution in [3.8, 4) is 0 Å². The number of halogens is 3. The summed E-state index contributed by atoms with van der Waals surface area (Å²) in [6.07, 6.45) is 0. The first kappa shape index (κ1) is 17.4. The highest BCUT2D eigenvalue weighted by Gasteiger charge is 2.16. The van der Waals surface area contributed by atoms with E-state index >= 15 is 0 Å². The van der Waals surface area contributed by atoms with Gasteiger partial charge >= 0.3 is 0 Å². The first-order chi connectivity index (χ1) is 11.0. The Morgan fingerprint density at radius 1 is 1.26 bits per heavy atom. The van der Waals surface area contributed by atoms with E-state index in [0.29, 0.717) is 17.1 Å². The first-order valence-electron chi connectivity index (χ1n) is 7.25. The third-order valence-corrected chi connectivity index (χ3v) is 3.91. The molecule has 1 atom stereocenters. The van der Waals surface area contributed by atoms with E-state index in [1.54, 1.807) is 18.3 Å². The molecule has 2 rings (SSSR count). The van der Waals surface area contributed by atoms with Crippen molar-refractivity contribution in [3.63, 3.8) is 0 Å². The lowest BCUT2D eigenvalue weighted by Crippen LogP contribution is -2.87. The van der Waals surface area contributed by atoms with Crippen LogP contribution in [0.15, 0.2) is 42.5 Å². The molecule has 0 unspecified atom stereocenters. The number of benzene rings is 2. The van der Waals surface area contributed by atoms with Gasteiger partial charge in [-0.15, -0.1) is 0 Å². The molecular weight excluding hydrogens is 322 g/mol. The average Bonchev–Trinajstić information content (AvgIpc) is 2.52. The Labute approximate surface area is 138 Å². The van der Waals surface area contributed by atoms with Crippen molar-refractivity contribution in [2.24, 2.45) is 0 Å². The zero-order valence-electron chi connectivity index (χ0n) is 12.7. The highest BCUT2D eigenvalue weighted by molar-refractivity contribution is 6.31. The molecule has 0 saturated carbocycles. The molecular formula is C17H18ClF2N2O+. The fourth-order valence-corrected chi connectivity index (χ4v) is 2.39. The van der Waals surface area contributed by atoms with Crippen LogP contribution in [0.25, 0.3) is 0 Å². The zero-order valence-corrected chi connectivity index (χ0v) is 13.4. The molecule has 1 amide bonds. The molecule has 0 radical (unpaired) electrons. The van der Waals surface area contributed by atoms with Gasteiger partial charge in [0, 0.05) is 23.2 Å². The maximum atomic E-state index is 13.7. The molecule has 0 aliphatic carbocycles. The second-order valence-corrected chi connectivity index (χ2v) is 5.67. The minimum absolute atomic E-state index is 0.141. The lowest BCUT2D eigenvalue weighted by Gasteiger charge is -2.12. The number of hydrogen-bond donors (Lipinski definition) is 2. The van der Waals surface area contributed by atoms with Crippen LogP contribution in [0.2, 0.25) is 5.02 Å². The number of amides is 1. The molecule has 3 nitrogen and oxygen atoms in total. The number of carbonyl (C=O) groups is 1. The van der Waals surface area contributed by atoms with Crippen LogP contribution < -0.4 is 10.6 Å². The van der Waals surface area contributed by atoms with Crippen molar-refractivity contribution < 1.29 is 18.9 Å². The van der Waals surface area contributed by atoms with Gasteiger partial charge in [-0.3, -0.25) is 4.79 Å². The minimum Gasteiger partial charge on any atom is -0.347 e. The van der Waals surface area contributed by atoms with E-state index in [2.05, 4.69) is 5.32 Å². The van der Waals surface area contributed by atoms with E-state index in [9.17, 15) is 13.6 Å². The molecule has 23 heavy (non-hydrogen) atoms. The summed E-state index contributed by atoms with van der Waals surface area (Å²) in [5.74, 6) is -1.40. The van der Waals surface area contributed by atoms with E-state index in [4.69, 9.17) is 11.6 Å². The van der Waals surface area contributed by atoms with Crippen molar-refractivity contribution in [1.82, 2.24) is 5.32 Å². The molecule has 0 bridgehead atoms. The molecule has 122 valence electrons. The molecule has 0 aromatic heterocycles. The summed E-state index contributed by atoms with van der Waals surface area (Å²) in [4.78, 5) is 11.9. The van der Waals surface area contributed by atoms with Crippen LogP contribution in [0.5, 0.6) is 0 Å². The van der Waals surface area contributed by atoms with Crippen LogP contribution >= 0.6 is 11.6 Å². The molecule has 3 N–H and O–H groups in total. The summed E-state index contributed by atoms with van der Waals surface area (Å²) in [5, 5.41) is 5.05. The van der Waals surface area contributed by atoms with Crippen molar-refractivity contribution in [3.05, 3.63) is 70.2 Å². The number of carbonyl (C=O) groups excluding carboxylic acids is 1. The van der Waals surface area contributed by atoms with Crippen LogP contribution in [0, 0.1) is 11.6 Å². The smallest absolute Gasteiger partial charge is 0.275 e. The second kappa shape index (κ2) is 8.04. The Balaban J connectivity index is 1.83. The molecule has 0 fully saturated rings. The number of rotatable bonds is 6. The highest BCUT2D eigenvalue weighted by Crippen LogP contribution is 2.15. The van der Waals surface area contributed by atoms with Gasteiger partial charge in [0.25, 0.3) is 5.91 Å². The van der Waals surface area contributed by atoms with E-state index < -0.39 is 11.6 Å². The summed E-state index contributed by atoms with van der Waals surface area (Å²) < 4.78 is 26.6. The van der Waals surface area contributed by atoms with Crippen molar-refractivity contribution in [2.75, 3.05) is 6.54 Å². The Morgan fingerprint density at radius 2 is 2.00 bits per heavy atom. The third kappa shape index (κ3) is 5.01. The van der Waals surface area contributed by atoms with Crippen LogP contribution in [0.4, 0.5) is 8.78 Å². The SMILES string of the molecule is C[C@@H]([NH2+]CC(=O)NCc1ccccc1Cl)c1ccc(F)cc1F. The van der Waals surface area contributed by atoms with Gasteiger partial charge in [-0.2, -0.15) is 0 Å². The molecule has 0 aliphatic heterocycles. The largest absolute Gasteiger partial charge is 0.347 e. The normalized spacial score (nSPS) is 12.0. The van der Waals surface area contributed by atoms with Gasteiger partial charge in [-0.1, -0.05) is 29.8 Å². The standard InChI is InChI=1S/C17H17ClF2N2O/c1-11(14-7-6-13(19)8-16(14)20)21-10-17(23)22-9-12-4-2-3-5-15(12)18/h2-8,11,21H,9-10H2,1H3,(H,22,23)/p+1/t11-/m1/s1. The summed E-state index contributed by atoms with van der Waals surface area (Å²) in [7, 11) is 0. The quantitative estimate of drug-likeness (QED) is 0.834. The van der Waals surface area contributed by atoms with Crippen molar-refractivity contribution in [2.45, 2.75) is 19.5 Å². The fourth-order valence-electron chi connectivity index (χ4n) is 2.19. The average molecular weight is 340 g/mol. The van der Waals surface area contributed by atoms with Gasteiger partial charge in [0.15, 0.2) is 6.54 Å². The fraction of sp³-hybridized carbons (Fsp3) is 0.235. The minimum atomic E-state index is -0.615. The molecule has 6 heteroatoms. The summed E-state index contributed by atoms with van der Waals surface area (Å²) in [6, 6.07) is 10.4. The predicted octanol–water partition coefficient (Wildman–Crippen LogP) is 2.56. The number of nitrogens with two attached hydrogens (primary N) is 1. The highest BCUT2D eigenvalue weighted by atomic mass is 35.5. The number of quaternary nitrogens is 1. The number of hydrogen-bond acceptors (Lipinski definition) is 1. The van der Waals surface area contributed by atoms with Crippen LogP contribution in [0.1, 0.15) is 24.1 Å². The summed E-state index contributed by atoms with van der Waals surface area (Å²) >= 11 is 6.01. The van der Waals surface area contributed by atoms with E-state index in [0.717, 1.165) is 11.6 Å². The Hall–Kier alpha value is -1.98. The van der Waals surface area contributed by atoms with Crippen LogP contribution in [0.3, 0.4) is 0 Å². The van der Waals surface area contributed by atoms with Gasteiger partial charge in [-0.25, -0.2) is 8.78 Å². The van der Waals surface area contributed by atoms with E-state index in [-0.39, 0.29) is 18.5 Å². The molecule has 0 heterocycles. The summed E-state index contributed by atoms with van der Waals surface area (Å²) in [5.41, 5.74) is 1.20.